The average molecular weight is 230 g/mol. The zero-order chi connectivity index (χ0) is 11.9. The summed E-state index contributed by atoms with van der Waals surface area (Å²) >= 11 is 0. The van der Waals surface area contributed by atoms with Crippen LogP contribution in [0.25, 0.3) is 0 Å². The Hall–Kier alpha value is -1.51. The highest BCUT2D eigenvalue weighted by Gasteiger charge is 2.41. The van der Waals surface area contributed by atoms with E-state index in [1.165, 1.54) is 12.6 Å². The lowest BCUT2D eigenvalue weighted by Gasteiger charge is -2.08. The Labute approximate surface area is 82.7 Å². The van der Waals surface area contributed by atoms with E-state index in [0.29, 0.717) is 0 Å². The van der Waals surface area contributed by atoms with Crippen molar-refractivity contribution in [3.05, 3.63) is 0 Å². The number of methoxy groups -OCH3 is 1. The molecule has 0 bridgehead atoms. The molecule has 2 amide bonds. The lowest BCUT2D eigenvalue weighted by molar-refractivity contribution is -0.204. The van der Waals surface area contributed by atoms with Crippen molar-refractivity contribution in [2.45, 2.75) is 6.18 Å². The Kier molecular flexibility index (Phi) is 5.45. The lowest BCUT2D eigenvalue weighted by atomic mass is 10.7. The summed E-state index contributed by atoms with van der Waals surface area (Å²) in [5, 5.41) is 2.07. The highest BCUT2D eigenvalue weighted by atomic mass is 19.4. The largest absolute Gasteiger partial charge is 0.493 e. The third kappa shape index (κ3) is 6.55. The molecule has 0 aliphatic carbocycles. The second-order valence-corrected chi connectivity index (χ2v) is 2.24. The molecule has 6 nitrogen and oxygen atoms in total. The van der Waals surface area contributed by atoms with Gasteiger partial charge >= 0.3 is 18.2 Å². The molecule has 0 aromatic carbocycles. The van der Waals surface area contributed by atoms with Crippen molar-refractivity contribution in [2.24, 2.45) is 0 Å². The number of rotatable bonds is 3. The van der Waals surface area contributed by atoms with Gasteiger partial charge in [-0.3, -0.25) is 0 Å². The smallest absolute Gasteiger partial charge is 0.383 e. The van der Waals surface area contributed by atoms with Crippen LogP contribution in [0.15, 0.2) is 0 Å². The summed E-state index contributed by atoms with van der Waals surface area (Å²) in [4.78, 5) is 24.1. The molecular formula is C6H9F3N2O4. The summed E-state index contributed by atoms with van der Waals surface area (Å²) in [5.41, 5.74) is 1.27. The van der Waals surface area contributed by atoms with E-state index in [9.17, 15) is 22.8 Å². The fourth-order valence-electron chi connectivity index (χ4n) is 0.453. The van der Waals surface area contributed by atoms with Gasteiger partial charge in [0, 0.05) is 13.7 Å². The minimum Gasteiger partial charge on any atom is -0.383 e. The van der Waals surface area contributed by atoms with Gasteiger partial charge in [-0.2, -0.15) is 18.7 Å². The van der Waals surface area contributed by atoms with Crippen molar-refractivity contribution in [2.75, 3.05) is 20.3 Å². The molecule has 88 valence electrons. The molecule has 0 atom stereocenters. The van der Waals surface area contributed by atoms with E-state index in [1.54, 1.807) is 0 Å². The van der Waals surface area contributed by atoms with Gasteiger partial charge < -0.3 is 14.9 Å². The second-order valence-electron chi connectivity index (χ2n) is 2.24. The van der Waals surface area contributed by atoms with E-state index < -0.39 is 18.2 Å². The minimum atomic E-state index is -5.14. The first-order chi connectivity index (χ1) is 6.88. The van der Waals surface area contributed by atoms with Crippen LogP contribution in [-0.2, 0) is 14.4 Å². The highest BCUT2D eigenvalue weighted by Crippen LogP contribution is 2.15. The second kappa shape index (κ2) is 6.06. The van der Waals surface area contributed by atoms with Crippen molar-refractivity contribution >= 4 is 12.0 Å². The fourth-order valence-corrected chi connectivity index (χ4v) is 0.453. The maximum Gasteiger partial charge on any atom is 0.493 e. The van der Waals surface area contributed by atoms with Crippen LogP contribution < -0.4 is 10.8 Å². The summed E-state index contributed by atoms with van der Waals surface area (Å²) < 4.78 is 39.2. The first kappa shape index (κ1) is 13.5. The molecule has 0 aromatic heterocycles. The van der Waals surface area contributed by atoms with Crippen LogP contribution in [0.5, 0.6) is 0 Å². The number of halogens is 3. The van der Waals surface area contributed by atoms with Gasteiger partial charge in [0.15, 0.2) is 0 Å². The third-order valence-corrected chi connectivity index (χ3v) is 1.06. The summed E-state index contributed by atoms with van der Waals surface area (Å²) in [7, 11) is 1.38. The van der Waals surface area contributed by atoms with Crippen LogP contribution in [0, 0.1) is 0 Å². The summed E-state index contributed by atoms with van der Waals surface area (Å²) in [6.45, 7) is 0.256. The number of hydrogen-bond acceptors (Lipinski definition) is 4. The van der Waals surface area contributed by atoms with Crippen LogP contribution in [0.4, 0.5) is 18.0 Å². The Morgan fingerprint density at radius 1 is 1.33 bits per heavy atom. The van der Waals surface area contributed by atoms with Crippen LogP contribution in [0.2, 0.25) is 0 Å². The molecule has 9 heteroatoms. The average Bonchev–Trinajstić information content (AvgIpc) is 2.13. The maximum atomic E-state index is 11.5. The van der Waals surface area contributed by atoms with Gasteiger partial charge in [0.1, 0.15) is 0 Å². The number of nitrogens with one attached hydrogen (secondary N) is 2. The predicted octanol–water partition coefficient (Wildman–Crippen LogP) is -0.0475. The number of carbonyl (C=O) groups excluding carboxylic acids is 2. The van der Waals surface area contributed by atoms with Crippen LogP contribution in [0.1, 0.15) is 0 Å². The van der Waals surface area contributed by atoms with Crippen LogP contribution in [-0.4, -0.2) is 38.4 Å². The molecular weight excluding hydrogens is 221 g/mol. The van der Waals surface area contributed by atoms with Gasteiger partial charge in [-0.1, -0.05) is 0 Å². The Morgan fingerprint density at radius 3 is 2.40 bits per heavy atom. The molecule has 0 spiro atoms. The van der Waals surface area contributed by atoms with Crippen molar-refractivity contribution in [1.82, 2.24) is 10.8 Å². The molecule has 0 aliphatic heterocycles. The van der Waals surface area contributed by atoms with E-state index in [1.807, 2.05) is 0 Å². The topological polar surface area (TPSA) is 76.7 Å². The van der Waals surface area contributed by atoms with Gasteiger partial charge in [-0.05, 0) is 0 Å². The van der Waals surface area contributed by atoms with Crippen LogP contribution >= 0.6 is 0 Å². The zero-order valence-corrected chi connectivity index (χ0v) is 7.68. The minimum absolute atomic E-state index is 0.0753. The predicted molar refractivity (Wildman–Crippen MR) is 40.6 cm³/mol. The molecule has 0 rings (SSSR count). The molecule has 0 unspecified atom stereocenters. The van der Waals surface area contributed by atoms with Gasteiger partial charge in [-0.15, -0.1) is 0 Å². The number of amides is 2. The standard InChI is InChI=1S/C6H9F3N2O4/c1-14-3-2-10-5(13)11-15-4(12)6(7,8)9/h2-3H2,1H3,(H2,10,11,13). The number of alkyl halides is 3. The molecule has 0 saturated heterocycles. The van der Waals surface area contributed by atoms with Gasteiger partial charge in [0.2, 0.25) is 0 Å². The van der Waals surface area contributed by atoms with Crippen LogP contribution in [0.3, 0.4) is 0 Å². The van der Waals surface area contributed by atoms with Crippen molar-refractivity contribution in [1.29, 1.82) is 0 Å². The quantitative estimate of drug-likeness (QED) is 0.526. The maximum absolute atomic E-state index is 11.5. The molecule has 0 fully saturated rings. The molecule has 0 saturated carbocycles. The zero-order valence-electron chi connectivity index (χ0n) is 7.68. The van der Waals surface area contributed by atoms with Crippen molar-refractivity contribution in [3.8, 4) is 0 Å². The normalized spacial score (nSPS) is 10.7. The van der Waals surface area contributed by atoms with Gasteiger partial charge in [-0.25, -0.2) is 9.59 Å². The SMILES string of the molecule is COCCNC(=O)NOC(=O)C(F)(F)F. The Balaban J connectivity index is 3.67. The molecule has 0 heterocycles. The molecule has 15 heavy (non-hydrogen) atoms. The first-order valence-corrected chi connectivity index (χ1v) is 3.68. The lowest BCUT2D eigenvalue weighted by Crippen LogP contribution is -2.41. The Morgan fingerprint density at radius 2 is 1.93 bits per heavy atom. The Bertz CT molecular complexity index is 231. The summed E-state index contributed by atoms with van der Waals surface area (Å²) in [6.07, 6.45) is -5.14. The molecule has 0 aromatic rings. The monoisotopic (exact) mass is 230 g/mol. The van der Waals surface area contributed by atoms with Crippen molar-refractivity contribution < 1.29 is 32.3 Å². The number of carbonyl (C=O) groups is 2. The molecule has 2 N–H and O–H groups in total. The first-order valence-electron chi connectivity index (χ1n) is 3.68. The molecule has 0 radical (unpaired) electrons. The number of hydroxylamine groups is 1. The van der Waals surface area contributed by atoms with Gasteiger partial charge in [0.25, 0.3) is 0 Å². The van der Waals surface area contributed by atoms with E-state index in [4.69, 9.17) is 0 Å². The highest BCUT2D eigenvalue weighted by molar-refractivity contribution is 5.79. The van der Waals surface area contributed by atoms with E-state index in [-0.39, 0.29) is 13.2 Å². The van der Waals surface area contributed by atoms with E-state index >= 15 is 0 Å². The summed E-state index contributed by atoms with van der Waals surface area (Å²) in [5.74, 6) is -2.50. The number of hydrogen-bond donors (Lipinski definition) is 2. The third-order valence-electron chi connectivity index (χ3n) is 1.06. The van der Waals surface area contributed by atoms with Gasteiger partial charge in [0.05, 0.1) is 6.61 Å². The fraction of sp³-hybridized carbons (Fsp3) is 0.667. The summed E-state index contributed by atoms with van der Waals surface area (Å²) in [6, 6.07) is -1.07. The van der Waals surface area contributed by atoms with E-state index in [0.717, 1.165) is 0 Å². The number of ether oxygens (including phenoxy) is 1. The van der Waals surface area contributed by atoms with E-state index in [2.05, 4.69) is 14.9 Å². The number of urea groups is 1. The van der Waals surface area contributed by atoms with Crippen molar-refractivity contribution in [3.63, 3.8) is 0 Å². The molecule has 0 aliphatic rings.